The number of hydrogen-bond donors (Lipinski definition) is 0. The van der Waals surface area contributed by atoms with Crippen LogP contribution >= 0.6 is 0 Å². The molecular weight excluding hydrogens is 685 g/mol. The highest BCUT2D eigenvalue weighted by Crippen LogP contribution is 2.42. The number of fused-ring (bicyclic) bond motifs is 7. The average Bonchev–Trinajstić information content (AvgIpc) is 3.83. The van der Waals surface area contributed by atoms with E-state index in [1.807, 2.05) is 18.2 Å². The van der Waals surface area contributed by atoms with Crippen molar-refractivity contribution in [3.05, 3.63) is 194 Å². The Kier molecular flexibility index (Phi) is 7.42. The van der Waals surface area contributed by atoms with Gasteiger partial charge in [-0.05, 0) is 70.8 Å². The highest BCUT2D eigenvalue weighted by molar-refractivity contribution is 6.24. The van der Waals surface area contributed by atoms with Gasteiger partial charge in [-0.1, -0.05) is 146 Å². The van der Waals surface area contributed by atoms with Crippen LogP contribution in [0.3, 0.4) is 0 Å². The van der Waals surface area contributed by atoms with Gasteiger partial charge in [0.05, 0.1) is 16.4 Å². The van der Waals surface area contributed by atoms with Gasteiger partial charge in [-0.2, -0.15) is 0 Å². The quantitative estimate of drug-likeness (QED) is 0.172. The lowest BCUT2D eigenvalue weighted by molar-refractivity contribution is 0.669. The summed E-state index contributed by atoms with van der Waals surface area (Å²) in [4.78, 5) is 15.4. The Hall–Kier alpha value is -7.63. The Bertz CT molecular complexity index is 3100. The van der Waals surface area contributed by atoms with Gasteiger partial charge in [0, 0.05) is 38.5 Å². The third-order valence-corrected chi connectivity index (χ3v) is 10.7. The summed E-state index contributed by atoms with van der Waals surface area (Å²) in [5, 5.41) is 4.43. The van der Waals surface area contributed by atoms with Crippen molar-refractivity contribution < 1.29 is 4.42 Å². The van der Waals surface area contributed by atoms with E-state index in [9.17, 15) is 0 Å². The lowest BCUT2D eigenvalue weighted by Gasteiger charge is -2.10. The summed E-state index contributed by atoms with van der Waals surface area (Å²) < 4.78 is 8.91. The van der Waals surface area contributed by atoms with E-state index in [-0.39, 0.29) is 0 Å². The fraction of sp³-hybridized carbons (Fsp3) is 0. The maximum atomic E-state index is 6.55. The van der Waals surface area contributed by atoms with E-state index in [0.717, 1.165) is 77.6 Å². The van der Waals surface area contributed by atoms with Gasteiger partial charge in [-0.15, -0.1) is 0 Å². The van der Waals surface area contributed by atoms with E-state index in [0.29, 0.717) is 17.5 Å². The molecule has 3 aromatic heterocycles. The zero-order valence-corrected chi connectivity index (χ0v) is 30.2. The predicted octanol–water partition coefficient (Wildman–Crippen LogP) is 13.2. The maximum Gasteiger partial charge on any atom is 0.164 e. The monoisotopic (exact) mass is 716 g/mol. The Labute approximate surface area is 322 Å². The number of nitrogens with zero attached hydrogens (tertiary/aromatic N) is 4. The molecule has 5 heteroatoms. The van der Waals surface area contributed by atoms with Gasteiger partial charge in [0.1, 0.15) is 11.2 Å². The van der Waals surface area contributed by atoms with E-state index in [2.05, 4.69) is 180 Å². The van der Waals surface area contributed by atoms with Gasteiger partial charge < -0.3 is 8.98 Å². The smallest absolute Gasteiger partial charge is 0.164 e. The van der Waals surface area contributed by atoms with Crippen molar-refractivity contribution in [3.8, 4) is 62.1 Å². The molecule has 0 spiro atoms. The molecule has 0 fully saturated rings. The molecule has 0 atom stereocenters. The van der Waals surface area contributed by atoms with Crippen molar-refractivity contribution in [1.29, 1.82) is 0 Å². The molecule has 0 saturated heterocycles. The van der Waals surface area contributed by atoms with Crippen LogP contribution in [0.25, 0.3) is 106 Å². The first kappa shape index (κ1) is 31.9. The summed E-state index contributed by atoms with van der Waals surface area (Å²) >= 11 is 0. The van der Waals surface area contributed by atoms with Gasteiger partial charge >= 0.3 is 0 Å². The molecule has 5 nitrogen and oxygen atoms in total. The second-order valence-electron chi connectivity index (χ2n) is 14.0. The standard InChI is InChI=1S/C51H32N4O/c1-4-12-33(13-5-1)35-20-24-37(25-21-35)49-52-50(38-26-22-36(23-27-38)34-14-6-2-7-15-34)54-51(53-49)39-28-30-45-43(32-39)47-46(56-45)31-29-42-41-18-10-11-19-44(41)55(48(42)47)40-16-8-3-9-17-40/h1-32H. The maximum absolute atomic E-state index is 6.55. The highest BCUT2D eigenvalue weighted by Gasteiger charge is 2.20. The largest absolute Gasteiger partial charge is 0.456 e. The molecule has 8 aromatic carbocycles. The van der Waals surface area contributed by atoms with E-state index in [4.69, 9.17) is 19.4 Å². The van der Waals surface area contributed by atoms with Crippen LogP contribution in [0.5, 0.6) is 0 Å². The SMILES string of the molecule is c1ccc(-c2ccc(-c3nc(-c4ccc(-c5ccccc5)cc4)nc(-c4ccc5oc6ccc7c8ccccc8n(-c8ccccc8)c7c6c5c4)n3)cc2)cc1. The molecule has 0 saturated carbocycles. The van der Waals surface area contributed by atoms with Gasteiger partial charge in [-0.25, -0.2) is 15.0 Å². The first-order valence-corrected chi connectivity index (χ1v) is 18.8. The van der Waals surface area contributed by atoms with Crippen LogP contribution in [0.1, 0.15) is 0 Å². The topological polar surface area (TPSA) is 56.7 Å². The molecule has 0 amide bonds. The lowest BCUT2D eigenvalue weighted by atomic mass is 10.0. The van der Waals surface area contributed by atoms with E-state index in [1.54, 1.807) is 0 Å². The van der Waals surface area contributed by atoms with Crippen LogP contribution in [0.4, 0.5) is 0 Å². The van der Waals surface area contributed by atoms with Crippen molar-refractivity contribution in [2.45, 2.75) is 0 Å². The minimum absolute atomic E-state index is 0.594. The predicted molar refractivity (Wildman–Crippen MR) is 229 cm³/mol. The van der Waals surface area contributed by atoms with Crippen LogP contribution in [-0.2, 0) is 0 Å². The number of hydrogen-bond acceptors (Lipinski definition) is 4. The summed E-state index contributed by atoms with van der Waals surface area (Å²) in [5.74, 6) is 1.82. The van der Waals surface area contributed by atoms with Crippen molar-refractivity contribution in [2.24, 2.45) is 0 Å². The zero-order chi connectivity index (χ0) is 37.0. The summed E-state index contributed by atoms with van der Waals surface area (Å²) in [6.45, 7) is 0. The molecular formula is C51H32N4O. The summed E-state index contributed by atoms with van der Waals surface area (Å²) in [7, 11) is 0. The van der Waals surface area contributed by atoms with Crippen LogP contribution in [-0.4, -0.2) is 19.5 Å². The molecule has 262 valence electrons. The molecule has 0 aliphatic heterocycles. The fourth-order valence-corrected chi connectivity index (χ4v) is 7.95. The van der Waals surface area contributed by atoms with Crippen LogP contribution in [0.2, 0.25) is 0 Å². The molecule has 3 heterocycles. The Morgan fingerprint density at radius 2 is 0.804 bits per heavy atom. The minimum Gasteiger partial charge on any atom is -0.456 e. The van der Waals surface area contributed by atoms with Crippen LogP contribution < -0.4 is 0 Å². The Morgan fingerprint density at radius 1 is 0.339 bits per heavy atom. The van der Waals surface area contributed by atoms with Crippen molar-refractivity contribution >= 4 is 43.7 Å². The molecule has 0 N–H and O–H groups in total. The normalized spacial score (nSPS) is 11.6. The molecule has 0 unspecified atom stereocenters. The number of para-hydroxylation sites is 2. The number of aromatic nitrogens is 4. The molecule has 11 aromatic rings. The average molecular weight is 717 g/mol. The van der Waals surface area contributed by atoms with E-state index < -0.39 is 0 Å². The second-order valence-corrected chi connectivity index (χ2v) is 14.0. The van der Waals surface area contributed by atoms with Crippen molar-refractivity contribution in [2.75, 3.05) is 0 Å². The van der Waals surface area contributed by atoms with Gasteiger partial charge in [0.2, 0.25) is 0 Å². The first-order valence-electron chi connectivity index (χ1n) is 18.8. The number of benzene rings is 8. The third-order valence-electron chi connectivity index (χ3n) is 10.7. The van der Waals surface area contributed by atoms with Crippen LogP contribution in [0, 0.1) is 0 Å². The van der Waals surface area contributed by atoms with Gasteiger partial charge in [0.15, 0.2) is 17.5 Å². The lowest BCUT2D eigenvalue weighted by Crippen LogP contribution is -2.00. The zero-order valence-electron chi connectivity index (χ0n) is 30.2. The Morgan fingerprint density at radius 3 is 1.41 bits per heavy atom. The minimum atomic E-state index is 0.594. The van der Waals surface area contributed by atoms with E-state index in [1.165, 1.54) is 10.8 Å². The second kappa shape index (κ2) is 13.0. The summed E-state index contributed by atoms with van der Waals surface area (Å²) in [6.07, 6.45) is 0. The number of furan rings is 1. The molecule has 0 aliphatic carbocycles. The third kappa shape index (κ3) is 5.37. The molecule has 56 heavy (non-hydrogen) atoms. The van der Waals surface area contributed by atoms with Crippen molar-refractivity contribution in [3.63, 3.8) is 0 Å². The van der Waals surface area contributed by atoms with Gasteiger partial charge in [0.25, 0.3) is 0 Å². The van der Waals surface area contributed by atoms with E-state index >= 15 is 0 Å². The molecule has 0 radical (unpaired) electrons. The fourth-order valence-electron chi connectivity index (χ4n) is 7.95. The van der Waals surface area contributed by atoms with Crippen LogP contribution in [0.15, 0.2) is 199 Å². The summed E-state index contributed by atoms with van der Waals surface area (Å²) in [6, 6.07) is 67.3. The first-order chi connectivity index (χ1) is 27.7. The van der Waals surface area contributed by atoms with Gasteiger partial charge in [-0.3, -0.25) is 0 Å². The molecule has 11 rings (SSSR count). The number of rotatable bonds is 6. The Balaban J connectivity index is 1.10. The highest BCUT2D eigenvalue weighted by atomic mass is 16.3. The van der Waals surface area contributed by atoms with Crippen molar-refractivity contribution in [1.82, 2.24) is 19.5 Å². The molecule has 0 aliphatic rings. The molecule has 0 bridgehead atoms. The summed E-state index contributed by atoms with van der Waals surface area (Å²) in [5.41, 5.74) is 12.3.